The standard InChI is InChI=1S/C15H31NO3/c1-4-7-8-9-10-14(17)13-16(5-2,6-3)12-11-15(18)19/h14,17H,4-13H2,1-3H3/p+1. The van der Waals surface area contributed by atoms with Gasteiger partial charge in [0, 0.05) is 0 Å². The molecule has 0 radical (unpaired) electrons. The van der Waals surface area contributed by atoms with E-state index >= 15 is 0 Å². The number of carboxylic acids is 1. The van der Waals surface area contributed by atoms with E-state index in [4.69, 9.17) is 5.11 Å². The first-order chi connectivity index (χ1) is 8.99. The summed E-state index contributed by atoms with van der Waals surface area (Å²) in [6.07, 6.45) is 5.41. The zero-order valence-electron chi connectivity index (χ0n) is 12.9. The normalized spacial score (nSPS) is 13.5. The van der Waals surface area contributed by atoms with Crippen molar-refractivity contribution < 1.29 is 19.5 Å². The van der Waals surface area contributed by atoms with E-state index in [1.807, 2.05) is 0 Å². The van der Waals surface area contributed by atoms with Crippen molar-refractivity contribution in [3.05, 3.63) is 0 Å². The Labute approximate surface area is 118 Å². The van der Waals surface area contributed by atoms with Crippen LogP contribution in [0.5, 0.6) is 0 Å². The van der Waals surface area contributed by atoms with E-state index in [1.54, 1.807) is 0 Å². The highest BCUT2D eigenvalue weighted by atomic mass is 16.4. The summed E-state index contributed by atoms with van der Waals surface area (Å²) in [5.74, 6) is -0.748. The van der Waals surface area contributed by atoms with Crippen LogP contribution >= 0.6 is 0 Å². The summed E-state index contributed by atoms with van der Waals surface area (Å²) in [5, 5.41) is 19.0. The lowest BCUT2D eigenvalue weighted by atomic mass is 10.1. The van der Waals surface area contributed by atoms with Crippen molar-refractivity contribution in [1.29, 1.82) is 0 Å². The number of carbonyl (C=O) groups is 1. The van der Waals surface area contributed by atoms with Gasteiger partial charge >= 0.3 is 5.97 Å². The van der Waals surface area contributed by atoms with Crippen LogP contribution in [0.3, 0.4) is 0 Å². The van der Waals surface area contributed by atoms with E-state index in [2.05, 4.69) is 20.8 Å². The number of aliphatic hydroxyl groups excluding tert-OH is 1. The van der Waals surface area contributed by atoms with Crippen molar-refractivity contribution in [2.45, 2.75) is 65.4 Å². The molecule has 0 bridgehead atoms. The molecular weight excluding hydrogens is 242 g/mol. The molecule has 0 saturated heterocycles. The third-order valence-corrected chi connectivity index (χ3v) is 4.13. The third kappa shape index (κ3) is 8.22. The molecule has 0 aromatic heterocycles. The Hall–Kier alpha value is -0.610. The summed E-state index contributed by atoms with van der Waals surface area (Å²) in [6, 6.07) is 0. The second kappa shape index (κ2) is 10.2. The maximum Gasteiger partial charge on any atom is 0.309 e. The topological polar surface area (TPSA) is 57.5 Å². The third-order valence-electron chi connectivity index (χ3n) is 4.13. The van der Waals surface area contributed by atoms with E-state index in [0.29, 0.717) is 17.6 Å². The van der Waals surface area contributed by atoms with Crippen LogP contribution in [-0.2, 0) is 4.79 Å². The predicted molar refractivity (Wildman–Crippen MR) is 78.1 cm³/mol. The van der Waals surface area contributed by atoms with Gasteiger partial charge in [0.1, 0.15) is 12.6 Å². The van der Waals surface area contributed by atoms with Gasteiger partial charge in [-0.05, 0) is 20.3 Å². The molecule has 0 aromatic carbocycles. The summed E-state index contributed by atoms with van der Waals surface area (Å²) < 4.78 is 0.710. The number of hydrogen-bond acceptors (Lipinski definition) is 2. The van der Waals surface area contributed by atoms with Crippen LogP contribution < -0.4 is 0 Å². The molecule has 4 heteroatoms. The van der Waals surface area contributed by atoms with Crippen LogP contribution in [0.15, 0.2) is 0 Å². The summed E-state index contributed by atoms with van der Waals surface area (Å²) in [7, 11) is 0. The van der Waals surface area contributed by atoms with Crippen molar-refractivity contribution >= 4 is 5.97 Å². The minimum absolute atomic E-state index is 0.185. The first-order valence-corrected chi connectivity index (χ1v) is 7.74. The largest absolute Gasteiger partial charge is 0.481 e. The van der Waals surface area contributed by atoms with Crippen LogP contribution in [0.25, 0.3) is 0 Å². The van der Waals surface area contributed by atoms with E-state index in [9.17, 15) is 9.90 Å². The number of nitrogens with zero attached hydrogens (tertiary/aromatic N) is 1. The van der Waals surface area contributed by atoms with Gasteiger partial charge < -0.3 is 14.7 Å². The van der Waals surface area contributed by atoms with Crippen molar-refractivity contribution in [3.63, 3.8) is 0 Å². The molecule has 1 unspecified atom stereocenters. The Morgan fingerprint density at radius 3 is 2.21 bits per heavy atom. The molecule has 0 rings (SSSR count). The summed E-state index contributed by atoms with van der Waals surface area (Å²) in [4.78, 5) is 10.7. The molecule has 4 nitrogen and oxygen atoms in total. The number of quaternary nitrogens is 1. The molecule has 0 aliphatic carbocycles. The molecule has 0 aliphatic heterocycles. The molecule has 0 aromatic rings. The number of hydrogen-bond donors (Lipinski definition) is 2. The number of rotatable bonds is 12. The number of aliphatic carboxylic acids is 1. The van der Waals surface area contributed by atoms with Crippen molar-refractivity contribution in [1.82, 2.24) is 0 Å². The monoisotopic (exact) mass is 274 g/mol. The fourth-order valence-corrected chi connectivity index (χ4v) is 2.57. The van der Waals surface area contributed by atoms with Crippen LogP contribution in [0.4, 0.5) is 0 Å². The summed E-state index contributed by atoms with van der Waals surface area (Å²) in [5.41, 5.74) is 0. The highest BCUT2D eigenvalue weighted by Gasteiger charge is 2.27. The van der Waals surface area contributed by atoms with E-state index in [-0.39, 0.29) is 12.5 Å². The van der Waals surface area contributed by atoms with E-state index in [1.165, 1.54) is 19.3 Å². The second-order valence-corrected chi connectivity index (χ2v) is 5.53. The van der Waals surface area contributed by atoms with Gasteiger partial charge in [0.05, 0.1) is 26.1 Å². The van der Waals surface area contributed by atoms with Gasteiger partial charge in [-0.2, -0.15) is 0 Å². The average molecular weight is 274 g/mol. The molecular formula is C15H32NO3+. The molecule has 0 amide bonds. The van der Waals surface area contributed by atoms with Crippen molar-refractivity contribution in [2.75, 3.05) is 26.2 Å². The lowest BCUT2D eigenvalue weighted by Gasteiger charge is -2.38. The average Bonchev–Trinajstić information content (AvgIpc) is 2.39. The lowest BCUT2D eigenvalue weighted by molar-refractivity contribution is -0.927. The molecule has 1 atom stereocenters. The molecule has 2 N–H and O–H groups in total. The molecule has 0 spiro atoms. The maximum atomic E-state index is 10.7. The highest BCUT2D eigenvalue weighted by molar-refractivity contribution is 5.66. The number of carboxylic acid groups (broad SMARTS) is 1. The Bertz CT molecular complexity index is 240. The van der Waals surface area contributed by atoms with E-state index < -0.39 is 5.97 Å². The van der Waals surface area contributed by atoms with Crippen LogP contribution in [0, 0.1) is 0 Å². The van der Waals surface area contributed by atoms with Gasteiger partial charge in [0.25, 0.3) is 0 Å². The smallest absolute Gasteiger partial charge is 0.309 e. The van der Waals surface area contributed by atoms with Gasteiger partial charge in [0.2, 0.25) is 0 Å². The number of likely N-dealkylation sites (N-methyl/N-ethyl adjacent to an activating group) is 1. The molecule has 0 saturated carbocycles. The van der Waals surface area contributed by atoms with Crippen LogP contribution in [-0.4, -0.2) is 52.9 Å². The van der Waals surface area contributed by atoms with Crippen LogP contribution in [0.1, 0.15) is 59.3 Å². The second-order valence-electron chi connectivity index (χ2n) is 5.53. The van der Waals surface area contributed by atoms with E-state index in [0.717, 1.165) is 25.9 Å². The first kappa shape index (κ1) is 18.4. The van der Waals surface area contributed by atoms with Crippen molar-refractivity contribution in [2.24, 2.45) is 0 Å². The summed E-state index contributed by atoms with van der Waals surface area (Å²) in [6.45, 7) is 9.41. The molecule has 0 heterocycles. The Morgan fingerprint density at radius 2 is 1.74 bits per heavy atom. The molecule has 114 valence electrons. The lowest BCUT2D eigenvalue weighted by Crippen LogP contribution is -2.53. The molecule has 19 heavy (non-hydrogen) atoms. The molecule has 0 fully saturated rings. The minimum atomic E-state index is -0.748. The SMILES string of the molecule is CCCCCCC(O)C[N+](CC)(CC)CCC(=O)O. The van der Waals surface area contributed by atoms with Gasteiger partial charge in [-0.25, -0.2) is 0 Å². The van der Waals surface area contributed by atoms with Crippen molar-refractivity contribution in [3.8, 4) is 0 Å². The summed E-state index contributed by atoms with van der Waals surface area (Å²) >= 11 is 0. The predicted octanol–water partition coefficient (Wildman–Crippen LogP) is 2.65. The Kier molecular flexibility index (Phi) is 9.88. The fraction of sp³-hybridized carbons (Fsp3) is 0.933. The van der Waals surface area contributed by atoms with Crippen LogP contribution in [0.2, 0.25) is 0 Å². The van der Waals surface area contributed by atoms with Gasteiger partial charge in [0.15, 0.2) is 0 Å². The maximum absolute atomic E-state index is 10.7. The van der Waals surface area contributed by atoms with Gasteiger partial charge in [-0.3, -0.25) is 4.79 Å². The Morgan fingerprint density at radius 1 is 1.11 bits per heavy atom. The number of unbranched alkanes of at least 4 members (excludes halogenated alkanes) is 3. The zero-order valence-corrected chi connectivity index (χ0v) is 12.9. The minimum Gasteiger partial charge on any atom is -0.481 e. The zero-order chi connectivity index (χ0) is 14.7. The number of aliphatic hydroxyl groups is 1. The van der Waals surface area contributed by atoms with Gasteiger partial charge in [-0.1, -0.05) is 32.6 Å². The van der Waals surface area contributed by atoms with Gasteiger partial charge in [-0.15, -0.1) is 0 Å². The molecule has 0 aliphatic rings. The highest BCUT2D eigenvalue weighted by Crippen LogP contribution is 2.13. The fourth-order valence-electron chi connectivity index (χ4n) is 2.57. The quantitative estimate of drug-likeness (QED) is 0.425. The first-order valence-electron chi connectivity index (χ1n) is 7.74. The Balaban J connectivity index is 4.19.